The summed E-state index contributed by atoms with van der Waals surface area (Å²) >= 11 is 11.0. The summed E-state index contributed by atoms with van der Waals surface area (Å²) in [5.41, 5.74) is 17.2. The maximum absolute atomic E-state index is 12.0. The van der Waals surface area contributed by atoms with Crippen LogP contribution in [-0.4, -0.2) is 76.0 Å². The van der Waals surface area contributed by atoms with Gasteiger partial charge in [-0.1, -0.05) is 29.4 Å². The molecule has 2 aromatic heterocycles. The van der Waals surface area contributed by atoms with Crippen molar-refractivity contribution in [1.82, 2.24) is 25.3 Å². The lowest BCUT2D eigenvalue weighted by atomic mass is 9.90. The van der Waals surface area contributed by atoms with E-state index in [4.69, 9.17) is 38.3 Å². The molecule has 0 aliphatic carbocycles. The molecule has 0 atom stereocenters. The molecule has 13 nitrogen and oxygen atoms in total. The van der Waals surface area contributed by atoms with Crippen LogP contribution >= 0.6 is 39.3 Å². The molecule has 0 saturated carbocycles. The number of amides is 1. The number of aromatic nitrogens is 4. The largest absolute Gasteiger partial charge is 0.495 e. The van der Waals surface area contributed by atoms with Crippen LogP contribution in [0, 0.1) is 0 Å². The van der Waals surface area contributed by atoms with Crippen molar-refractivity contribution in [3.05, 3.63) is 40.2 Å². The highest BCUT2D eigenvalue weighted by atomic mass is 79.9. The average Bonchev–Trinajstić information content (AvgIpc) is 3.00. The first-order chi connectivity index (χ1) is 22.5. The van der Waals surface area contributed by atoms with E-state index in [-0.39, 0.29) is 17.2 Å². The number of hydrogen-bond donors (Lipinski definition) is 4. The van der Waals surface area contributed by atoms with Crippen molar-refractivity contribution in [2.45, 2.75) is 86.9 Å². The Balaban J connectivity index is 0.000000218. The molecule has 7 N–H and O–H groups in total. The Morgan fingerprint density at radius 3 is 2.08 bits per heavy atom. The van der Waals surface area contributed by atoms with Gasteiger partial charge in [-0.15, -0.1) is 0 Å². The van der Waals surface area contributed by atoms with E-state index in [9.17, 15) is 4.79 Å². The second kappa shape index (κ2) is 15.5. The number of nitrogens with two attached hydrogens (primary N) is 3. The second-order valence-corrected chi connectivity index (χ2v) is 15.7. The molecule has 262 valence electrons. The van der Waals surface area contributed by atoms with Gasteiger partial charge >= 0.3 is 6.09 Å². The fourth-order valence-corrected chi connectivity index (χ4v) is 6.44. The van der Waals surface area contributed by atoms with E-state index in [1.165, 1.54) is 11.8 Å². The number of nitrogens with one attached hydrogen (secondary N) is 1. The molecule has 0 unspecified atom stereocenters. The fourth-order valence-electron chi connectivity index (χ4n) is 5.13. The third kappa shape index (κ3) is 10.4. The zero-order valence-corrected chi connectivity index (χ0v) is 31.5. The number of carbonyl (C=O) groups excluding carboxylic acids is 1. The molecular formula is C32H46BrClN10O3S. The average molecular weight is 766 g/mol. The molecule has 0 spiro atoms. The van der Waals surface area contributed by atoms with Gasteiger partial charge in [-0.05, 0) is 88.4 Å². The Hall–Kier alpha value is -3.27. The lowest BCUT2D eigenvalue weighted by Crippen LogP contribution is -2.54. The van der Waals surface area contributed by atoms with Crippen LogP contribution in [0.1, 0.15) is 60.3 Å². The molecule has 1 amide bonds. The Bertz CT molecular complexity index is 1570. The summed E-state index contributed by atoms with van der Waals surface area (Å²) in [5, 5.41) is 4.15. The van der Waals surface area contributed by atoms with Gasteiger partial charge in [0.25, 0.3) is 0 Å². The van der Waals surface area contributed by atoms with Crippen LogP contribution in [0.4, 0.5) is 28.1 Å². The summed E-state index contributed by atoms with van der Waals surface area (Å²) in [4.78, 5) is 34.6. The van der Waals surface area contributed by atoms with Crippen LogP contribution in [0.5, 0.6) is 5.75 Å². The summed E-state index contributed by atoms with van der Waals surface area (Å²) in [6.07, 6.45) is 6.51. The SMILES string of the molecule is CC1(NC(=O)OC(C)(C)C)CCN(c2cnc(Br)c(N)n2)CC1.COc1cccc(Sc2ncc(N3CCC(C)(N)CC3)nc2N)c1Cl. The smallest absolute Gasteiger partial charge is 0.408 e. The van der Waals surface area contributed by atoms with Crippen molar-refractivity contribution in [2.75, 3.05) is 54.6 Å². The Labute approximate surface area is 300 Å². The Morgan fingerprint density at radius 2 is 1.54 bits per heavy atom. The van der Waals surface area contributed by atoms with Crippen molar-refractivity contribution >= 4 is 68.7 Å². The van der Waals surface area contributed by atoms with Gasteiger partial charge in [0.15, 0.2) is 11.6 Å². The van der Waals surface area contributed by atoms with E-state index in [0.29, 0.717) is 32.0 Å². The minimum absolute atomic E-state index is 0.103. The fraction of sp³-hybridized carbons (Fsp3) is 0.531. The number of ether oxygens (including phenoxy) is 2. The monoisotopic (exact) mass is 764 g/mol. The summed E-state index contributed by atoms with van der Waals surface area (Å²) in [5.74, 6) is 2.93. The molecule has 2 aliphatic heterocycles. The summed E-state index contributed by atoms with van der Waals surface area (Å²) < 4.78 is 11.1. The number of methoxy groups -OCH3 is 1. The highest BCUT2D eigenvalue weighted by molar-refractivity contribution is 9.10. The first-order valence-electron chi connectivity index (χ1n) is 15.7. The number of halogens is 2. The maximum atomic E-state index is 12.0. The summed E-state index contributed by atoms with van der Waals surface area (Å²) in [6.45, 7) is 12.9. The Kier molecular flexibility index (Phi) is 12.1. The summed E-state index contributed by atoms with van der Waals surface area (Å²) in [6, 6.07) is 5.59. The van der Waals surface area contributed by atoms with E-state index < -0.39 is 5.60 Å². The molecule has 4 heterocycles. The third-order valence-electron chi connectivity index (χ3n) is 8.07. The highest BCUT2D eigenvalue weighted by Crippen LogP contribution is 2.39. The minimum Gasteiger partial charge on any atom is -0.495 e. The van der Waals surface area contributed by atoms with Gasteiger partial charge in [-0.2, -0.15) is 0 Å². The first kappa shape index (κ1) is 37.5. The van der Waals surface area contributed by atoms with Gasteiger partial charge in [0, 0.05) is 42.2 Å². The molecule has 0 bridgehead atoms. The molecule has 1 aromatic carbocycles. The minimum atomic E-state index is -0.494. The quantitative estimate of drug-likeness (QED) is 0.233. The topological polar surface area (TPSA) is 184 Å². The number of alkyl carbamates (subject to hydrolysis) is 1. The van der Waals surface area contributed by atoms with Crippen LogP contribution < -0.4 is 37.1 Å². The Morgan fingerprint density at radius 1 is 0.979 bits per heavy atom. The number of carbonyl (C=O) groups is 1. The molecule has 2 fully saturated rings. The van der Waals surface area contributed by atoms with Crippen molar-refractivity contribution in [3.63, 3.8) is 0 Å². The third-order valence-corrected chi connectivity index (χ3v) is 10.2. The molecule has 5 rings (SSSR count). The van der Waals surface area contributed by atoms with Crippen molar-refractivity contribution in [1.29, 1.82) is 0 Å². The van der Waals surface area contributed by atoms with Crippen molar-refractivity contribution < 1.29 is 14.3 Å². The highest BCUT2D eigenvalue weighted by Gasteiger charge is 2.34. The number of nitrogen functional groups attached to an aromatic ring is 2. The van der Waals surface area contributed by atoms with Gasteiger partial charge in [0.2, 0.25) is 0 Å². The van der Waals surface area contributed by atoms with Gasteiger partial charge in [-0.25, -0.2) is 24.7 Å². The molecule has 3 aromatic rings. The number of hydrogen-bond acceptors (Lipinski definition) is 13. The predicted octanol–water partition coefficient (Wildman–Crippen LogP) is 5.89. The van der Waals surface area contributed by atoms with E-state index in [2.05, 4.69) is 57.9 Å². The lowest BCUT2D eigenvalue weighted by molar-refractivity contribution is 0.0448. The molecular weight excluding hydrogens is 720 g/mol. The normalized spacial score (nSPS) is 17.2. The molecule has 2 saturated heterocycles. The molecule has 48 heavy (non-hydrogen) atoms. The maximum Gasteiger partial charge on any atom is 0.408 e. The number of benzene rings is 1. The van der Waals surface area contributed by atoms with E-state index in [1.54, 1.807) is 19.5 Å². The standard InChI is InChI=1S/C17H22ClN5OS.C15H24BrN5O2/c1-17(20)6-8-23(9-7-17)13-10-21-16(15(19)22-13)25-12-5-3-4-11(24-2)14(12)18;1-14(2,3)23-13(22)20-15(4)5-7-21(8-6-15)10-9-18-11(16)12(17)19-10/h3-5,10H,6-9,20H2,1-2H3,(H2,19,22);9H,5-8H2,1-4H3,(H2,17,19)(H,20,22). The zero-order valence-electron chi connectivity index (χ0n) is 28.3. The van der Waals surface area contributed by atoms with Crippen molar-refractivity contribution in [2.24, 2.45) is 5.73 Å². The molecule has 0 radical (unpaired) electrons. The van der Waals surface area contributed by atoms with Gasteiger partial charge < -0.3 is 41.8 Å². The number of piperidine rings is 2. The first-order valence-corrected chi connectivity index (χ1v) is 17.7. The zero-order chi connectivity index (χ0) is 35.3. The number of rotatable bonds is 6. The number of anilines is 4. The second-order valence-electron chi connectivity index (χ2n) is 13.5. The van der Waals surface area contributed by atoms with Gasteiger partial charge in [-0.3, -0.25) is 0 Å². The molecule has 2 aliphatic rings. The van der Waals surface area contributed by atoms with E-state index >= 15 is 0 Å². The van der Waals surface area contributed by atoms with E-state index in [1.807, 2.05) is 45.9 Å². The summed E-state index contributed by atoms with van der Waals surface area (Å²) in [7, 11) is 1.59. The number of nitrogens with zero attached hydrogens (tertiary/aromatic N) is 6. The van der Waals surface area contributed by atoms with Crippen molar-refractivity contribution in [3.8, 4) is 5.75 Å². The van der Waals surface area contributed by atoms with Crippen LogP contribution in [0.25, 0.3) is 0 Å². The van der Waals surface area contributed by atoms with Crippen LogP contribution in [0.2, 0.25) is 5.02 Å². The van der Waals surface area contributed by atoms with E-state index in [0.717, 1.165) is 68.4 Å². The van der Waals surface area contributed by atoms with Gasteiger partial charge in [0.05, 0.1) is 24.5 Å². The van der Waals surface area contributed by atoms with Crippen LogP contribution in [-0.2, 0) is 4.74 Å². The van der Waals surface area contributed by atoms with Crippen LogP contribution in [0.15, 0.2) is 45.1 Å². The predicted molar refractivity (Wildman–Crippen MR) is 196 cm³/mol. The molecule has 16 heteroatoms. The van der Waals surface area contributed by atoms with Crippen LogP contribution in [0.3, 0.4) is 0 Å². The lowest BCUT2D eigenvalue weighted by Gasteiger charge is -2.40. The van der Waals surface area contributed by atoms with Gasteiger partial charge in [0.1, 0.15) is 32.6 Å².